The van der Waals surface area contributed by atoms with Gasteiger partial charge in [0.2, 0.25) is 5.91 Å². The Hall–Kier alpha value is -2.21. The topological polar surface area (TPSA) is 48.0 Å². The summed E-state index contributed by atoms with van der Waals surface area (Å²) in [4.78, 5) is 16.2. The Morgan fingerprint density at radius 1 is 0.868 bits per heavy atom. The molecule has 11 atom stereocenters. The highest BCUT2D eigenvalue weighted by molar-refractivity contribution is 5.76. The summed E-state index contributed by atoms with van der Waals surface area (Å²) in [6.07, 6.45) is 23.4. The van der Waals surface area contributed by atoms with Crippen molar-refractivity contribution in [3.05, 3.63) is 73.9 Å². The van der Waals surface area contributed by atoms with Gasteiger partial charge in [-0.2, -0.15) is 0 Å². The second-order valence-corrected chi connectivity index (χ2v) is 17.9. The van der Waals surface area contributed by atoms with Crippen LogP contribution in [0.4, 0.5) is 0 Å². The maximum absolute atomic E-state index is 14.0. The molecule has 0 saturated heterocycles. The summed E-state index contributed by atoms with van der Waals surface area (Å²) >= 11 is 0. The highest BCUT2D eigenvalue weighted by Crippen LogP contribution is 2.69. The third-order valence-electron chi connectivity index (χ3n) is 14.9. The Kier molecular flexibility index (Phi) is 15.9. The standard InChI is InChI=1S/C48H75NO4/c1-8-12-13-14-15-19-28-49(35-37-20-17-16-18-21-37)45(50)25-22-36(5)40-23-24-41-46-42(34-44(48(40,41)7)53-31-11-4)47(6)27-26-39(51-29-9-2)32-38(47)33-43(46)52-30-10-3/h9-11,16-18,20-21,36,38-44,46H,2-4,8,12-15,19,22-35H2,1,5-7H3/t36-,38?,39-,40-,41+,42+,43-,44+,46?,47+,48-/m1/s1. The minimum Gasteiger partial charge on any atom is -0.374 e. The molecular formula is C48H75NO4. The van der Waals surface area contributed by atoms with Gasteiger partial charge >= 0.3 is 0 Å². The number of unbranched alkanes of at least 4 members (excludes halogenated alkanes) is 5. The second kappa shape index (κ2) is 20.1. The average Bonchev–Trinajstić information content (AvgIpc) is 3.53. The molecular weight excluding hydrogens is 655 g/mol. The molecule has 1 aromatic rings. The quantitative estimate of drug-likeness (QED) is 0.0881. The van der Waals surface area contributed by atoms with Crippen LogP contribution in [-0.2, 0) is 25.5 Å². The summed E-state index contributed by atoms with van der Waals surface area (Å²) in [5.41, 5.74) is 1.50. The van der Waals surface area contributed by atoms with Crippen molar-refractivity contribution in [2.45, 2.75) is 149 Å². The van der Waals surface area contributed by atoms with E-state index in [1.807, 2.05) is 18.2 Å². The van der Waals surface area contributed by atoms with Crippen molar-refractivity contribution >= 4 is 5.91 Å². The molecule has 4 saturated carbocycles. The molecule has 5 heteroatoms. The van der Waals surface area contributed by atoms with Crippen molar-refractivity contribution in [3.63, 3.8) is 0 Å². The monoisotopic (exact) mass is 730 g/mol. The van der Waals surface area contributed by atoms with Gasteiger partial charge in [-0.05, 0) is 104 Å². The van der Waals surface area contributed by atoms with Gasteiger partial charge in [0.15, 0.2) is 0 Å². The number of rotatable bonds is 22. The molecule has 0 spiro atoms. The fraction of sp³-hybridized carbons (Fsp3) is 0.729. The number of nitrogens with zero attached hydrogens (tertiary/aromatic N) is 1. The van der Waals surface area contributed by atoms with E-state index in [2.05, 4.69) is 82.7 Å². The van der Waals surface area contributed by atoms with Gasteiger partial charge in [-0.25, -0.2) is 0 Å². The summed E-state index contributed by atoms with van der Waals surface area (Å²) in [7, 11) is 0. The Morgan fingerprint density at radius 3 is 2.30 bits per heavy atom. The molecule has 2 unspecified atom stereocenters. The van der Waals surface area contributed by atoms with E-state index in [0.717, 1.165) is 45.1 Å². The zero-order chi connectivity index (χ0) is 37.8. The van der Waals surface area contributed by atoms with Crippen LogP contribution in [0.5, 0.6) is 0 Å². The molecule has 4 aliphatic rings. The van der Waals surface area contributed by atoms with Crippen LogP contribution in [0.1, 0.15) is 130 Å². The fourth-order valence-corrected chi connectivity index (χ4v) is 12.1. The number of hydrogen-bond acceptors (Lipinski definition) is 4. The molecule has 0 aromatic heterocycles. The number of amides is 1. The molecule has 296 valence electrons. The van der Waals surface area contributed by atoms with E-state index in [4.69, 9.17) is 14.2 Å². The molecule has 0 aliphatic heterocycles. The lowest BCUT2D eigenvalue weighted by atomic mass is 9.43. The predicted octanol–water partition coefficient (Wildman–Crippen LogP) is 11.4. The molecule has 4 aliphatic carbocycles. The molecule has 1 aromatic carbocycles. The second-order valence-electron chi connectivity index (χ2n) is 17.9. The van der Waals surface area contributed by atoms with Crippen LogP contribution in [0.15, 0.2) is 68.3 Å². The molecule has 0 heterocycles. The highest BCUT2D eigenvalue weighted by atomic mass is 16.5. The largest absolute Gasteiger partial charge is 0.374 e. The lowest BCUT2D eigenvalue weighted by Gasteiger charge is -2.64. The Bertz CT molecular complexity index is 1300. The first-order chi connectivity index (χ1) is 25.7. The van der Waals surface area contributed by atoms with Crippen LogP contribution in [0.3, 0.4) is 0 Å². The summed E-state index contributed by atoms with van der Waals surface area (Å²) in [5, 5.41) is 0. The van der Waals surface area contributed by atoms with Crippen molar-refractivity contribution in [1.29, 1.82) is 0 Å². The molecule has 5 rings (SSSR count). The molecule has 1 amide bonds. The highest BCUT2D eigenvalue weighted by Gasteiger charge is 2.66. The zero-order valence-electron chi connectivity index (χ0n) is 34.2. The van der Waals surface area contributed by atoms with Crippen LogP contribution < -0.4 is 0 Å². The van der Waals surface area contributed by atoms with Gasteiger partial charge in [-0.1, -0.05) is 108 Å². The molecule has 0 radical (unpaired) electrons. The SMILES string of the molecule is C=CCO[C@@H]1CC[C@@]2(C)C(C1)C[C@@H](OCC=C)C1[C@@H]3CC[C@H]([C@H](C)CCC(=O)N(CCCCCCCC)Cc4ccccc4)[C@@]3(C)[C@@H](OCC=C)C[C@@H]12. The predicted molar refractivity (Wildman–Crippen MR) is 219 cm³/mol. The number of ether oxygens (including phenoxy) is 3. The van der Waals surface area contributed by atoms with Gasteiger partial charge in [-0.3, -0.25) is 4.79 Å². The number of carbonyl (C=O) groups is 1. The van der Waals surface area contributed by atoms with Crippen LogP contribution >= 0.6 is 0 Å². The minimum absolute atomic E-state index is 0.0259. The van der Waals surface area contributed by atoms with E-state index in [1.54, 1.807) is 0 Å². The van der Waals surface area contributed by atoms with Gasteiger partial charge in [0.05, 0.1) is 38.1 Å². The third-order valence-corrected chi connectivity index (χ3v) is 14.9. The molecule has 4 fully saturated rings. The maximum atomic E-state index is 14.0. The van der Waals surface area contributed by atoms with E-state index in [0.29, 0.717) is 80.3 Å². The number of benzene rings is 1. The zero-order valence-corrected chi connectivity index (χ0v) is 34.2. The van der Waals surface area contributed by atoms with Crippen molar-refractivity contribution in [2.75, 3.05) is 26.4 Å². The third kappa shape index (κ3) is 9.79. The summed E-state index contributed by atoms with van der Waals surface area (Å²) in [5.74, 6) is 3.42. The van der Waals surface area contributed by atoms with Crippen molar-refractivity contribution in [1.82, 2.24) is 4.90 Å². The normalized spacial score (nSPS) is 34.0. The number of fused-ring (bicyclic) bond motifs is 5. The first kappa shape index (κ1) is 41.9. The van der Waals surface area contributed by atoms with E-state index in [1.165, 1.54) is 56.9 Å². The summed E-state index contributed by atoms with van der Waals surface area (Å²) in [6.45, 7) is 25.3. The Labute approximate surface area is 324 Å². The van der Waals surface area contributed by atoms with Gasteiger partial charge in [0, 0.05) is 24.9 Å². The lowest BCUT2D eigenvalue weighted by molar-refractivity contribution is -0.223. The van der Waals surface area contributed by atoms with Crippen molar-refractivity contribution in [2.24, 2.45) is 46.3 Å². The van der Waals surface area contributed by atoms with Gasteiger partial charge in [0.25, 0.3) is 0 Å². The van der Waals surface area contributed by atoms with Crippen LogP contribution in [-0.4, -0.2) is 55.5 Å². The average molecular weight is 730 g/mol. The van der Waals surface area contributed by atoms with Gasteiger partial charge in [0.1, 0.15) is 0 Å². The first-order valence-corrected chi connectivity index (χ1v) is 21.7. The van der Waals surface area contributed by atoms with Crippen LogP contribution in [0, 0.1) is 46.3 Å². The molecule has 53 heavy (non-hydrogen) atoms. The first-order valence-electron chi connectivity index (χ1n) is 21.7. The minimum atomic E-state index is 0.0259. The Balaban J connectivity index is 1.32. The van der Waals surface area contributed by atoms with Crippen molar-refractivity contribution < 1.29 is 19.0 Å². The number of hydrogen-bond donors (Lipinski definition) is 0. The van der Waals surface area contributed by atoms with Gasteiger partial charge < -0.3 is 19.1 Å². The number of carbonyl (C=O) groups excluding carboxylic acids is 1. The van der Waals surface area contributed by atoms with Crippen molar-refractivity contribution in [3.8, 4) is 0 Å². The Morgan fingerprint density at radius 2 is 1.57 bits per heavy atom. The van der Waals surface area contributed by atoms with E-state index in [9.17, 15) is 4.79 Å². The van der Waals surface area contributed by atoms with E-state index < -0.39 is 0 Å². The smallest absolute Gasteiger partial charge is 0.222 e. The lowest BCUT2D eigenvalue weighted by Crippen LogP contribution is -2.63. The molecule has 0 bridgehead atoms. The summed E-state index contributed by atoms with van der Waals surface area (Å²) in [6, 6.07) is 10.6. The van der Waals surface area contributed by atoms with E-state index in [-0.39, 0.29) is 23.0 Å². The van der Waals surface area contributed by atoms with Crippen LogP contribution in [0.2, 0.25) is 0 Å². The van der Waals surface area contributed by atoms with E-state index >= 15 is 0 Å². The maximum Gasteiger partial charge on any atom is 0.222 e. The summed E-state index contributed by atoms with van der Waals surface area (Å²) < 4.78 is 20.0. The fourth-order valence-electron chi connectivity index (χ4n) is 12.1. The molecule has 0 N–H and O–H groups in total. The van der Waals surface area contributed by atoms with Crippen LogP contribution in [0.25, 0.3) is 0 Å². The van der Waals surface area contributed by atoms with Gasteiger partial charge in [-0.15, -0.1) is 19.7 Å². The molecule has 5 nitrogen and oxygen atoms in total.